The molecule has 0 amide bonds. The van der Waals surface area contributed by atoms with Crippen LogP contribution in [0.4, 0.5) is 17.6 Å². The minimum absolute atomic E-state index is 0.399. The van der Waals surface area contributed by atoms with Gasteiger partial charge in [0.25, 0.3) is 0 Å². The van der Waals surface area contributed by atoms with Gasteiger partial charge in [0.1, 0.15) is 11.6 Å². The molecule has 0 radical (unpaired) electrons. The maximum absolute atomic E-state index is 5.42. The maximum atomic E-state index is 5.42. The van der Waals surface area contributed by atoms with Crippen LogP contribution in [0.3, 0.4) is 0 Å². The number of anilines is 3. The van der Waals surface area contributed by atoms with Crippen molar-refractivity contribution in [3.8, 4) is 0 Å². The molecular formula is C18H23BrN6O. The Morgan fingerprint density at radius 3 is 2.77 bits per heavy atom. The summed E-state index contributed by atoms with van der Waals surface area (Å²) in [5.74, 6) is 2.77. The number of rotatable bonds is 4. The Balaban J connectivity index is 1.46. The van der Waals surface area contributed by atoms with Gasteiger partial charge in [0.05, 0.1) is 17.7 Å². The van der Waals surface area contributed by atoms with E-state index in [1.54, 1.807) is 0 Å². The molecule has 0 saturated carbocycles. The van der Waals surface area contributed by atoms with E-state index in [1.807, 2.05) is 30.6 Å². The number of hydrogen-bond donors (Lipinski definition) is 0. The zero-order chi connectivity index (χ0) is 17.9. The SMILES string of the molecule is CN(c1ccnc(N2CCOCC2)n1)C1CCN(c2ncccc2Br)C1. The molecule has 0 bridgehead atoms. The number of aromatic nitrogens is 3. The van der Waals surface area contributed by atoms with Crippen molar-refractivity contribution >= 4 is 33.5 Å². The van der Waals surface area contributed by atoms with Crippen LogP contribution < -0.4 is 14.7 Å². The fraction of sp³-hybridized carbons (Fsp3) is 0.500. The van der Waals surface area contributed by atoms with Crippen LogP contribution in [0.1, 0.15) is 6.42 Å². The molecule has 8 heteroatoms. The topological polar surface area (TPSA) is 57.6 Å². The molecule has 2 aliphatic rings. The van der Waals surface area contributed by atoms with Crippen LogP contribution in [0, 0.1) is 0 Å². The second-order valence-electron chi connectivity index (χ2n) is 6.62. The first kappa shape index (κ1) is 17.5. The second-order valence-corrected chi connectivity index (χ2v) is 7.48. The molecular weight excluding hydrogens is 396 g/mol. The summed E-state index contributed by atoms with van der Waals surface area (Å²) in [5.41, 5.74) is 0. The second kappa shape index (κ2) is 7.75. The minimum atomic E-state index is 0.399. The van der Waals surface area contributed by atoms with E-state index >= 15 is 0 Å². The number of hydrogen-bond acceptors (Lipinski definition) is 7. The molecule has 2 saturated heterocycles. The smallest absolute Gasteiger partial charge is 0.227 e. The third-order valence-electron chi connectivity index (χ3n) is 5.03. The predicted octanol–water partition coefficient (Wildman–Crippen LogP) is 2.19. The quantitative estimate of drug-likeness (QED) is 0.753. The van der Waals surface area contributed by atoms with E-state index in [0.717, 1.165) is 67.9 Å². The first-order valence-electron chi connectivity index (χ1n) is 8.96. The Labute approximate surface area is 162 Å². The highest BCUT2D eigenvalue weighted by atomic mass is 79.9. The third-order valence-corrected chi connectivity index (χ3v) is 5.65. The highest BCUT2D eigenvalue weighted by Crippen LogP contribution is 2.29. The molecule has 2 aromatic heterocycles. The molecule has 0 spiro atoms. The Kier molecular flexibility index (Phi) is 5.21. The number of nitrogens with zero attached hydrogens (tertiary/aromatic N) is 6. The zero-order valence-electron chi connectivity index (χ0n) is 14.9. The molecule has 138 valence electrons. The van der Waals surface area contributed by atoms with Crippen molar-refractivity contribution in [2.45, 2.75) is 12.5 Å². The van der Waals surface area contributed by atoms with Gasteiger partial charge in [0.2, 0.25) is 5.95 Å². The van der Waals surface area contributed by atoms with Gasteiger partial charge in [-0.05, 0) is 40.5 Å². The van der Waals surface area contributed by atoms with Gasteiger partial charge in [-0.3, -0.25) is 0 Å². The third kappa shape index (κ3) is 3.61. The van der Waals surface area contributed by atoms with Gasteiger partial charge >= 0.3 is 0 Å². The summed E-state index contributed by atoms with van der Waals surface area (Å²) in [6.45, 7) is 5.09. The lowest BCUT2D eigenvalue weighted by molar-refractivity contribution is 0.122. The highest BCUT2D eigenvalue weighted by Gasteiger charge is 2.28. The van der Waals surface area contributed by atoms with E-state index in [4.69, 9.17) is 9.72 Å². The summed E-state index contributed by atoms with van der Waals surface area (Å²) in [6, 6.07) is 6.37. The summed E-state index contributed by atoms with van der Waals surface area (Å²) in [7, 11) is 2.12. The molecule has 1 atom stereocenters. The van der Waals surface area contributed by atoms with Crippen molar-refractivity contribution in [1.82, 2.24) is 15.0 Å². The zero-order valence-corrected chi connectivity index (χ0v) is 16.5. The first-order valence-corrected chi connectivity index (χ1v) is 9.76. The number of ether oxygens (including phenoxy) is 1. The predicted molar refractivity (Wildman–Crippen MR) is 106 cm³/mol. The highest BCUT2D eigenvalue weighted by molar-refractivity contribution is 9.10. The summed E-state index contributed by atoms with van der Waals surface area (Å²) in [5, 5.41) is 0. The Hall–Kier alpha value is -1.93. The van der Waals surface area contributed by atoms with Gasteiger partial charge in [0, 0.05) is 51.7 Å². The van der Waals surface area contributed by atoms with Crippen molar-refractivity contribution in [2.75, 3.05) is 61.1 Å². The van der Waals surface area contributed by atoms with Crippen LogP contribution in [0.5, 0.6) is 0 Å². The fourth-order valence-corrected chi connectivity index (χ4v) is 4.00. The number of morpholine rings is 1. The Morgan fingerprint density at radius 1 is 1.12 bits per heavy atom. The van der Waals surface area contributed by atoms with Crippen molar-refractivity contribution < 1.29 is 4.74 Å². The molecule has 7 nitrogen and oxygen atoms in total. The molecule has 4 heterocycles. The molecule has 2 fully saturated rings. The largest absolute Gasteiger partial charge is 0.378 e. The lowest BCUT2D eigenvalue weighted by atomic mass is 10.2. The molecule has 1 unspecified atom stereocenters. The van der Waals surface area contributed by atoms with E-state index in [1.165, 1.54) is 0 Å². The van der Waals surface area contributed by atoms with Gasteiger partial charge in [-0.2, -0.15) is 4.98 Å². The van der Waals surface area contributed by atoms with Gasteiger partial charge in [-0.1, -0.05) is 0 Å². The minimum Gasteiger partial charge on any atom is -0.378 e. The average molecular weight is 419 g/mol. The monoisotopic (exact) mass is 418 g/mol. The number of likely N-dealkylation sites (N-methyl/N-ethyl adjacent to an activating group) is 1. The molecule has 4 rings (SSSR count). The van der Waals surface area contributed by atoms with Crippen LogP contribution in [-0.2, 0) is 4.74 Å². The molecule has 0 aromatic carbocycles. The van der Waals surface area contributed by atoms with Crippen LogP contribution >= 0.6 is 15.9 Å². The van der Waals surface area contributed by atoms with E-state index < -0.39 is 0 Å². The van der Waals surface area contributed by atoms with Crippen molar-refractivity contribution in [3.05, 3.63) is 35.1 Å². The first-order chi connectivity index (χ1) is 12.7. The van der Waals surface area contributed by atoms with Crippen LogP contribution in [0.25, 0.3) is 0 Å². The van der Waals surface area contributed by atoms with Crippen molar-refractivity contribution in [3.63, 3.8) is 0 Å². The number of pyridine rings is 1. The van der Waals surface area contributed by atoms with E-state index in [2.05, 4.69) is 47.6 Å². The fourth-order valence-electron chi connectivity index (χ4n) is 3.50. The maximum Gasteiger partial charge on any atom is 0.227 e. The Bertz CT molecular complexity index is 754. The molecule has 2 aromatic rings. The van der Waals surface area contributed by atoms with Crippen molar-refractivity contribution in [2.24, 2.45) is 0 Å². The van der Waals surface area contributed by atoms with E-state index in [-0.39, 0.29) is 0 Å². The summed E-state index contributed by atoms with van der Waals surface area (Å²) in [4.78, 5) is 20.6. The lowest BCUT2D eigenvalue weighted by Gasteiger charge is -2.29. The van der Waals surface area contributed by atoms with Crippen LogP contribution in [0.15, 0.2) is 35.1 Å². The van der Waals surface area contributed by atoms with Crippen LogP contribution in [0.2, 0.25) is 0 Å². The van der Waals surface area contributed by atoms with E-state index in [0.29, 0.717) is 6.04 Å². The van der Waals surface area contributed by atoms with Crippen molar-refractivity contribution in [1.29, 1.82) is 0 Å². The summed E-state index contributed by atoms with van der Waals surface area (Å²) >= 11 is 3.61. The molecule has 26 heavy (non-hydrogen) atoms. The van der Waals surface area contributed by atoms with Crippen LogP contribution in [-0.4, -0.2) is 67.4 Å². The molecule has 0 N–H and O–H groups in total. The van der Waals surface area contributed by atoms with Gasteiger partial charge in [-0.25, -0.2) is 9.97 Å². The molecule has 2 aliphatic heterocycles. The average Bonchev–Trinajstić information content (AvgIpc) is 3.18. The van der Waals surface area contributed by atoms with Gasteiger partial charge in [-0.15, -0.1) is 0 Å². The summed E-state index contributed by atoms with van der Waals surface area (Å²) in [6.07, 6.45) is 4.78. The lowest BCUT2D eigenvalue weighted by Crippen LogP contribution is -2.38. The normalized spacial score (nSPS) is 20.5. The van der Waals surface area contributed by atoms with E-state index in [9.17, 15) is 0 Å². The standard InChI is InChI=1S/C18H23BrN6O/c1-23(14-5-8-25(13-14)17-15(19)3-2-6-20-17)16-4-7-21-18(22-16)24-9-11-26-12-10-24/h2-4,6-7,14H,5,8-13H2,1H3. The summed E-state index contributed by atoms with van der Waals surface area (Å²) < 4.78 is 6.46. The Morgan fingerprint density at radius 2 is 1.96 bits per heavy atom. The van der Waals surface area contributed by atoms with Gasteiger partial charge < -0.3 is 19.4 Å². The van der Waals surface area contributed by atoms with Gasteiger partial charge in [0.15, 0.2) is 0 Å². The molecule has 0 aliphatic carbocycles. The number of halogens is 1.